The summed E-state index contributed by atoms with van der Waals surface area (Å²) < 4.78 is 0. The third kappa shape index (κ3) is 5.71. The molecule has 0 spiro atoms. The van der Waals surface area contributed by atoms with Crippen LogP contribution in [0.5, 0.6) is 0 Å². The first-order valence-corrected chi connectivity index (χ1v) is 6.46. The first-order valence-electron chi connectivity index (χ1n) is 6.46. The molecule has 0 aliphatic rings. The fourth-order valence-electron chi connectivity index (χ4n) is 1.75. The van der Waals surface area contributed by atoms with E-state index in [0.29, 0.717) is 6.54 Å². The highest BCUT2D eigenvalue weighted by atomic mass is 16.3. The van der Waals surface area contributed by atoms with Crippen molar-refractivity contribution in [2.24, 2.45) is 5.73 Å². The van der Waals surface area contributed by atoms with Crippen LogP contribution in [0.15, 0.2) is 30.3 Å². The molecule has 0 saturated carbocycles. The molecule has 96 valence electrons. The van der Waals surface area contributed by atoms with Crippen LogP contribution in [0, 0.1) is 0 Å². The Morgan fingerprint density at radius 1 is 1.24 bits per heavy atom. The van der Waals surface area contributed by atoms with E-state index >= 15 is 0 Å². The van der Waals surface area contributed by atoms with Crippen molar-refractivity contribution in [3.63, 3.8) is 0 Å². The number of benzene rings is 1. The Bertz CT molecular complexity index is 290. The average molecular weight is 236 g/mol. The van der Waals surface area contributed by atoms with E-state index in [1.165, 1.54) is 12.8 Å². The van der Waals surface area contributed by atoms with Gasteiger partial charge in [0.2, 0.25) is 0 Å². The van der Waals surface area contributed by atoms with Gasteiger partial charge in [-0.2, -0.15) is 0 Å². The van der Waals surface area contributed by atoms with Gasteiger partial charge in [-0.05, 0) is 18.6 Å². The predicted molar refractivity (Wildman–Crippen MR) is 73.1 cm³/mol. The van der Waals surface area contributed by atoms with Crippen LogP contribution in [0.4, 0.5) is 5.69 Å². The highest BCUT2D eigenvalue weighted by molar-refractivity contribution is 5.42. The SMILES string of the molecule is CCCCCC(N)C(O)CNc1ccccc1. The maximum Gasteiger partial charge on any atom is 0.0863 e. The largest absolute Gasteiger partial charge is 0.390 e. The summed E-state index contributed by atoms with van der Waals surface area (Å²) in [6, 6.07) is 9.74. The van der Waals surface area contributed by atoms with Crippen molar-refractivity contribution in [3.8, 4) is 0 Å². The van der Waals surface area contributed by atoms with Crippen LogP contribution in [-0.4, -0.2) is 23.8 Å². The number of nitrogens with one attached hydrogen (secondary N) is 1. The molecule has 4 N–H and O–H groups in total. The van der Waals surface area contributed by atoms with Crippen LogP contribution in [0.1, 0.15) is 32.6 Å². The van der Waals surface area contributed by atoms with Gasteiger partial charge in [-0.3, -0.25) is 0 Å². The van der Waals surface area contributed by atoms with Gasteiger partial charge in [0.15, 0.2) is 0 Å². The molecule has 0 heterocycles. The average Bonchev–Trinajstić information content (AvgIpc) is 2.37. The highest BCUT2D eigenvalue weighted by Gasteiger charge is 2.13. The van der Waals surface area contributed by atoms with E-state index in [9.17, 15) is 5.11 Å². The second-order valence-electron chi connectivity index (χ2n) is 4.47. The molecule has 0 aromatic heterocycles. The summed E-state index contributed by atoms with van der Waals surface area (Å²) >= 11 is 0. The lowest BCUT2D eigenvalue weighted by molar-refractivity contribution is 0.151. The third-order valence-corrected chi connectivity index (χ3v) is 2.92. The van der Waals surface area contributed by atoms with Crippen LogP contribution in [0.2, 0.25) is 0 Å². The lowest BCUT2D eigenvalue weighted by Gasteiger charge is -2.19. The molecule has 1 aromatic carbocycles. The van der Waals surface area contributed by atoms with Gasteiger partial charge in [0, 0.05) is 18.3 Å². The minimum Gasteiger partial charge on any atom is -0.390 e. The summed E-state index contributed by atoms with van der Waals surface area (Å²) in [7, 11) is 0. The minimum atomic E-state index is -0.480. The Morgan fingerprint density at radius 2 is 1.94 bits per heavy atom. The molecule has 0 saturated heterocycles. The molecule has 2 atom stereocenters. The molecule has 0 aliphatic carbocycles. The van der Waals surface area contributed by atoms with Crippen molar-refractivity contribution in [1.29, 1.82) is 0 Å². The number of unbranched alkanes of at least 4 members (excludes halogenated alkanes) is 2. The van der Waals surface area contributed by atoms with Crippen molar-refractivity contribution in [3.05, 3.63) is 30.3 Å². The summed E-state index contributed by atoms with van der Waals surface area (Å²) in [6.07, 6.45) is 3.88. The monoisotopic (exact) mass is 236 g/mol. The molecule has 0 radical (unpaired) electrons. The minimum absolute atomic E-state index is 0.127. The molecule has 1 aromatic rings. The van der Waals surface area contributed by atoms with Gasteiger partial charge < -0.3 is 16.2 Å². The summed E-state index contributed by atoms with van der Waals surface area (Å²) in [5, 5.41) is 13.1. The Hall–Kier alpha value is -1.06. The summed E-state index contributed by atoms with van der Waals surface area (Å²) in [4.78, 5) is 0. The molecule has 3 nitrogen and oxygen atoms in total. The van der Waals surface area contributed by atoms with E-state index in [1.54, 1.807) is 0 Å². The van der Waals surface area contributed by atoms with Crippen LogP contribution in [-0.2, 0) is 0 Å². The number of anilines is 1. The van der Waals surface area contributed by atoms with Crippen LogP contribution in [0.25, 0.3) is 0 Å². The molecule has 0 fully saturated rings. The number of hydrogen-bond acceptors (Lipinski definition) is 3. The fourth-order valence-corrected chi connectivity index (χ4v) is 1.75. The maximum atomic E-state index is 9.89. The number of para-hydroxylation sites is 1. The van der Waals surface area contributed by atoms with Gasteiger partial charge in [-0.25, -0.2) is 0 Å². The predicted octanol–water partition coefficient (Wildman–Crippen LogP) is 2.37. The Kier molecular flexibility index (Phi) is 6.67. The van der Waals surface area contributed by atoms with E-state index < -0.39 is 6.10 Å². The third-order valence-electron chi connectivity index (χ3n) is 2.92. The van der Waals surface area contributed by atoms with E-state index in [4.69, 9.17) is 5.73 Å². The molecule has 0 amide bonds. The molecule has 1 rings (SSSR count). The van der Waals surface area contributed by atoms with E-state index in [1.807, 2.05) is 30.3 Å². The number of nitrogens with two attached hydrogens (primary N) is 1. The molecular formula is C14H24N2O. The number of hydrogen-bond donors (Lipinski definition) is 3. The lowest BCUT2D eigenvalue weighted by Crippen LogP contribution is -2.39. The molecule has 3 heteroatoms. The highest BCUT2D eigenvalue weighted by Crippen LogP contribution is 2.08. The number of aliphatic hydroxyl groups is 1. The topological polar surface area (TPSA) is 58.3 Å². The summed E-state index contributed by atoms with van der Waals surface area (Å²) in [5.41, 5.74) is 6.95. The Balaban J connectivity index is 2.22. The van der Waals surface area contributed by atoms with Crippen LogP contribution in [0.3, 0.4) is 0 Å². The molecule has 0 bridgehead atoms. The molecular weight excluding hydrogens is 212 g/mol. The lowest BCUT2D eigenvalue weighted by atomic mass is 10.0. The zero-order valence-electron chi connectivity index (χ0n) is 10.6. The fraction of sp³-hybridized carbons (Fsp3) is 0.571. The van der Waals surface area contributed by atoms with Gasteiger partial charge >= 0.3 is 0 Å². The first kappa shape index (κ1) is 14.0. The maximum absolute atomic E-state index is 9.89. The van der Waals surface area contributed by atoms with E-state index in [2.05, 4.69) is 12.2 Å². The van der Waals surface area contributed by atoms with Gasteiger partial charge in [-0.1, -0.05) is 44.4 Å². The second-order valence-corrected chi connectivity index (χ2v) is 4.47. The van der Waals surface area contributed by atoms with Gasteiger partial charge in [-0.15, -0.1) is 0 Å². The van der Waals surface area contributed by atoms with Crippen molar-refractivity contribution < 1.29 is 5.11 Å². The molecule has 0 aliphatic heterocycles. The first-order chi connectivity index (χ1) is 8.24. The van der Waals surface area contributed by atoms with Crippen molar-refractivity contribution >= 4 is 5.69 Å². The number of aliphatic hydroxyl groups excluding tert-OH is 1. The quantitative estimate of drug-likeness (QED) is 0.607. The van der Waals surface area contributed by atoms with Crippen molar-refractivity contribution in [2.75, 3.05) is 11.9 Å². The van der Waals surface area contributed by atoms with Gasteiger partial charge in [0.25, 0.3) is 0 Å². The van der Waals surface area contributed by atoms with E-state index in [-0.39, 0.29) is 6.04 Å². The zero-order chi connectivity index (χ0) is 12.5. The second kappa shape index (κ2) is 8.09. The number of rotatable bonds is 8. The summed E-state index contributed by atoms with van der Waals surface area (Å²) in [6.45, 7) is 2.68. The van der Waals surface area contributed by atoms with Gasteiger partial charge in [0.05, 0.1) is 6.10 Å². The molecule has 17 heavy (non-hydrogen) atoms. The van der Waals surface area contributed by atoms with Crippen molar-refractivity contribution in [2.45, 2.75) is 44.8 Å². The standard InChI is InChI=1S/C14H24N2O/c1-2-3-5-10-13(15)14(17)11-16-12-8-6-4-7-9-12/h4,6-9,13-14,16-17H,2-3,5,10-11,15H2,1H3. The Morgan fingerprint density at radius 3 is 2.59 bits per heavy atom. The van der Waals surface area contributed by atoms with Crippen LogP contribution < -0.4 is 11.1 Å². The van der Waals surface area contributed by atoms with Gasteiger partial charge in [0.1, 0.15) is 0 Å². The normalized spacial score (nSPS) is 14.3. The van der Waals surface area contributed by atoms with Crippen molar-refractivity contribution in [1.82, 2.24) is 0 Å². The van der Waals surface area contributed by atoms with E-state index in [0.717, 1.165) is 18.5 Å². The summed E-state index contributed by atoms with van der Waals surface area (Å²) in [5.74, 6) is 0. The smallest absolute Gasteiger partial charge is 0.0863 e. The Labute approximate surface area is 104 Å². The molecule has 2 unspecified atom stereocenters. The van der Waals surface area contributed by atoms with Crippen LogP contribution >= 0.6 is 0 Å². The zero-order valence-corrected chi connectivity index (χ0v) is 10.6.